The summed E-state index contributed by atoms with van der Waals surface area (Å²) in [7, 11) is 216. The lowest BCUT2D eigenvalue weighted by molar-refractivity contribution is 4.64. The van der Waals surface area contributed by atoms with E-state index < -0.39 is 0 Å². The van der Waals surface area contributed by atoms with Gasteiger partial charge in [-0.2, -0.15) is 0 Å². The Kier molecular flexibility index (Phi) is 179. The first-order chi connectivity index (χ1) is 60.9. The molecule has 730 valence electrons. The Morgan fingerprint density at radius 1 is 0.0738 bits per heavy atom. The third kappa shape index (κ3) is 146. The van der Waals surface area contributed by atoms with E-state index in [1.54, 1.807) is 115 Å². The molecule has 0 spiro atoms. The molecule has 0 aliphatic rings. The Balaban J connectivity index is 6.20. The second kappa shape index (κ2) is 147. The summed E-state index contributed by atoms with van der Waals surface area (Å²) < 4.78 is 2.63. The zero-order chi connectivity index (χ0) is 86.9. The van der Waals surface area contributed by atoms with Crippen molar-refractivity contribution in [2.45, 2.75) is 0 Å². The zero-order valence-electron chi connectivity index (χ0n) is 49.9. The van der Waals surface area contributed by atoms with E-state index >= 15 is 0 Å². The SMILES string of the molecule is S=C=S=S=S=S=S=S=S=S=S=S=S=S=S=S=S=S=S=S=S=S=S=S=S=S=S=S=S=S=S=S=S=S=S=S=S=S=S=S=S=S=S=S=S=S=S=S=S=S=S=S=S=S=S=S=S=S=S=S=S=S=S=S=S=S=S=S=S=S=S=S=S=S=S=S=S=S=S=S=S=S=S=S=S=S=S=S=S=S=S=S=S=S=S=S=S=S=S=S=S=S=S=S=S=S=S=S=S=S=S=S=S=S=S=S=S=S=S=S=S=S. The fourth-order valence-corrected chi connectivity index (χ4v) is 322. The van der Waals surface area contributed by atoms with Crippen LogP contribution in [0.5, 0.6) is 0 Å². The van der Waals surface area contributed by atoms with E-state index in [0.29, 0.717) is 0 Å². The lowest BCUT2D eigenvalue weighted by Gasteiger charge is -1.41. The minimum Gasteiger partial charge on any atom is -0.0148 e. The second-order valence-corrected chi connectivity index (χ2v) is 218. The van der Waals surface area contributed by atoms with Gasteiger partial charge in [0.05, 0.1) is 0 Å². The van der Waals surface area contributed by atoms with Crippen molar-refractivity contribution in [1.29, 1.82) is 0 Å². The standard InChI is InChI=1S/CS121/c2-1-4-6-8-10-12-14-16-18-20-22-24-26-28-30-32-34-36-38-40-42-44-46-48-50-52-54-56-58-60-62-64-66-68-70-72-74-76-78-80-82-84-86-88-90-92-94-96-98-100-102-104-106-108-110-112-114-116-118-120-122-121-119-117-115-113-111-109-107-105-103-101-99-97-95-93-91-89-87-85-83-81-79-77-75-73-71-69-67-65-63-61-59-57-55-53-51-49-47-45-43-41-39-37-35-33-31-29-27-25-23-21-19-17-15-13-11-9-7-5-3. The molecule has 0 aromatic heterocycles. The summed E-state index contributed by atoms with van der Waals surface area (Å²) in [6.45, 7) is 0. The van der Waals surface area contributed by atoms with Gasteiger partial charge in [0.2, 0.25) is 0 Å². The van der Waals surface area contributed by atoms with E-state index in [9.17, 15) is 0 Å². The molecule has 0 aromatic carbocycles. The quantitative estimate of drug-likeness (QED) is 0.316. The summed E-state index contributed by atoms with van der Waals surface area (Å²) in [5, 5.41) is 0. The molecule has 0 N–H and O–H groups in total. The van der Waals surface area contributed by atoms with Crippen LogP contribution >= 0.6 is 12.2 Å². The van der Waals surface area contributed by atoms with Crippen molar-refractivity contribution in [3.63, 3.8) is 0 Å². The van der Waals surface area contributed by atoms with Gasteiger partial charge in [-0.25, -0.2) is 0 Å². The number of thiocarbonyl (C=S) groups is 1. The average Bonchev–Trinajstić information content (AvgIpc) is 1.30. The van der Waals surface area contributed by atoms with Crippen molar-refractivity contribution in [1.82, 2.24) is 0 Å². The van der Waals surface area contributed by atoms with Crippen molar-refractivity contribution in [3.8, 4) is 0 Å². The van der Waals surface area contributed by atoms with Crippen molar-refractivity contribution in [2.75, 3.05) is 0 Å². The van der Waals surface area contributed by atoms with Crippen molar-refractivity contribution in [3.05, 3.63) is 0 Å². The molecule has 0 unspecified atom stereocenters. The van der Waals surface area contributed by atoms with E-state index in [2.05, 4.69) is 16.5 Å². The molecule has 0 nitrogen and oxygen atoms in total. The molecule has 0 aliphatic heterocycles. The third-order valence-electron chi connectivity index (χ3n) is 3.32. The first-order valence-corrected chi connectivity index (χ1v) is 180. The van der Waals surface area contributed by atoms with Crippen LogP contribution in [0, 0.1) is 0 Å². The molecule has 0 rings (SSSR count). The molecule has 0 fully saturated rings. The summed E-state index contributed by atoms with van der Waals surface area (Å²) in [6, 6.07) is 0. The van der Waals surface area contributed by atoms with Gasteiger partial charge in [0.15, 0.2) is 0 Å². The predicted octanol–water partition coefficient (Wildman–Crippen LogP) is 0.0819. The van der Waals surface area contributed by atoms with E-state index in [1.807, 2.05) is 924 Å². The maximum absolute atomic E-state index is 4.83. The molecule has 0 aromatic rings. The van der Waals surface area contributed by atoms with E-state index in [4.69, 9.17) is 11.2 Å². The number of hydrogen-bond acceptors (Lipinski definition) is 2. The zero-order valence-corrected chi connectivity index (χ0v) is 149. The summed E-state index contributed by atoms with van der Waals surface area (Å²) >= 11 is 9.50. The highest BCUT2D eigenvalue weighted by atomic mass is 33.6. The Hall–Kier alpha value is 26.4. The molecule has 0 radical (unpaired) electrons. The molecule has 0 bridgehead atoms. The van der Waals surface area contributed by atoms with Crippen molar-refractivity contribution < 1.29 is 0 Å². The van der Waals surface area contributed by atoms with E-state index in [0.717, 1.165) is 0 Å². The van der Waals surface area contributed by atoms with Gasteiger partial charge in [0.1, 0.15) is 0 Å². The Labute approximate surface area is 1050 Å². The second-order valence-electron chi connectivity index (χ2n) is 8.20. The van der Waals surface area contributed by atoms with Gasteiger partial charge < -0.3 is 0 Å². The van der Waals surface area contributed by atoms with Crippen LogP contribution in [-0.2, 0) is 1070 Å². The van der Waals surface area contributed by atoms with Crippen LogP contribution in [0.25, 0.3) is 0 Å². The van der Waals surface area contributed by atoms with Crippen LogP contribution in [0.3, 0.4) is 0 Å². The minimum atomic E-state index is 1.37. The largest absolute Gasteiger partial charge is 0.0298 e. The van der Waals surface area contributed by atoms with E-state index in [1.165, 1.54) is 18.8 Å². The topological polar surface area (TPSA) is 0 Å². The molecule has 0 atom stereocenters. The average molecular weight is 3890 g/mol. The molecule has 0 saturated heterocycles. The van der Waals surface area contributed by atoms with Gasteiger partial charge in [0, 0.05) is 992 Å². The molecule has 0 saturated carbocycles. The van der Waals surface area contributed by atoms with Crippen LogP contribution in [0.4, 0.5) is 0 Å². The van der Waals surface area contributed by atoms with Crippen LogP contribution in [-0.4, -0.2) is 4.31 Å². The fraction of sp³-hybridized carbons (Fsp3) is 0. The van der Waals surface area contributed by atoms with E-state index in [-0.39, 0.29) is 0 Å². The third-order valence-corrected chi connectivity index (χ3v) is 265. The van der Waals surface area contributed by atoms with Gasteiger partial charge in [-0.3, -0.25) is 0 Å². The van der Waals surface area contributed by atoms with Crippen molar-refractivity contribution in [2.24, 2.45) is 0 Å². The monoisotopic (exact) mass is 3880 g/mol. The van der Waals surface area contributed by atoms with Crippen LogP contribution in [0.15, 0.2) is 0 Å². The molecule has 0 amide bonds. The normalized spacial score (nSPS) is 7.87. The van der Waals surface area contributed by atoms with Crippen LogP contribution in [0.2, 0.25) is 0 Å². The van der Waals surface area contributed by atoms with Gasteiger partial charge in [0.25, 0.3) is 0 Å². The summed E-state index contributed by atoms with van der Waals surface area (Å²) in [5.41, 5.74) is 0. The van der Waals surface area contributed by atoms with Gasteiger partial charge >= 0.3 is 0 Å². The fourth-order valence-electron chi connectivity index (χ4n) is 1.34. The van der Waals surface area contributed by atoms with Gasteiger partial charge in [-0.15, -0.1) is 0 Å². The predicted molar refractivity (Wildman–Crippen MR) is 896 cm³/mol. The van der Waals surface area contributed by atoms with Gasteiger partial charge in [-0.1, -0.05) is 0 Å². The molecule has 121 heteroatoms. The minimum absolute atomic E-state index is 1.37. The Bertz CT molecular complexity index is 9160. The van der Waals surface area contributed by atoms with Crippen LogP contribution < -0.4 is 0 Å². The lowest BCUT2D eigenvalue weighted by atomic mass is 12.0. The maximum atomic E-state index is 4.83. The lowest BCUT2D eigenvalue weighted by Crippen LogP contribution is -1.42. The van der Waals surface area contributed by atoms with Crippen LogP contribution in [0.1, 0.15) is 0 Å². The molecular formula is CS121. The Morgan fingerprint density at radius 3 is 0.172 bits per heavy atom. The highest BCUT2D eigenvalue weighted by Crippen LogP contribution is 1.53. The summed E-state index contributed by atoms with van der Waals surface area (Å²) in [5.74, 6) is 0. The highest BCUT2D eigenvalue weighted by Gasteiger charge is 1.53. The number of hydrogen-bond donors (Lipinski definition) is 0. The summed E-state index contributed by atoms with van der Waals surface area (Å²) in [6.07, 6.45) is 0. The first-order valence-electron chi connectivity index (χ1n) is 20.2. The summed E-state index contributed by atoms with van der Waals surface area (Å²) in [4.78, 5) is 0. The first kappa shape index (κ1) is 148. The maximum Gasteiger partial charge on any atom is 0.0298 e. The molecule has 0 heterocycles. The molecule has 0 aliphatic carbocycles. The molecule has 122 heavy (non-hydrogen) atoms. The van der Waals surface area contributed by atoms with Crippen molar-refractivity contribution >= 4 is 1090 Å². The molecular weight excluding hydrogens is 3890 g/mol. The Morgan fingerprint density at radius 2 is 0.123 bits per heavy atom. The highest BCUT2D eigenvalue weighted by molar-refractivity contribution is 8.89. The van der Waals surface area contributed by atoms with Gasteiger partial charge in [-0.05, 0) is 93.2 Å². The number of rotatable bonds is 0. The smallest absolute Gasteiger partial charge is 0.0148 e.